The Morgan fingerprint density at radius 2 is 2.13 bits per heavy atom. The molecule has 6 heteroatoms. The molecule has 1 fully saturated rings. The highest BCUT2D eigenvalue weighted by atomic mass is 127. The van der Waals surface area contributed by atoms with Crippen molar-refractivity contribution in [3.8, 4) is 0 Å². The van der Waals surface area contributed by atoms with E-state index in [0.29, 0.717) is 5.96 Å². The molecule has 3 N–H and O–H groups in total. The Kier molecular flexibility index (Phi) is 9.12. The number of guanidine groups is 1. The van der Waals surface area contributed by atoms with E-state index in [9.17, 15) is 0 Å². The Morgan fingerprint density at radius 3 is 2.73 bits per heavy atom. The summed E-state index contributed by atoms with van der Waals surface area (Å²) in [5.74, 6) is 0.542. The zero-order valence-electron chi connectivity index (χ0n) is 9.24. The van der Waals surface area contributed by atoms with Crippen molar-refractivity contribution in [2.45, 2.75) is 6.92 Å². The monoisotopic (exact) mass is 328 g/mol. The summed E-state index contributed by atoms with van der Waals surface area (Å²) in [5, 5.41) is 2.97. The van der Waals surface area contributed by atoms with Gasteiger partial charge in [-0.2, -0.15) is 0 Å². The third-order valence-corrected chi connectivity index (χ3v) is 2.16. The van der Waals surface area contributed by atoms with E-state index in [1.165, 1.54) is 0 Å². The quantitative estimate of drug-likeness (QED) is 0.428. The lowest BCUT2D eigenvalue weighted by Crippen LogP contribution is -2.38. The van der Waals surface area contributed by atoms with Crippen molar-refractivity contribution in [2.75, 3.05) is 45.9 Å². The number of rotatable bonds is 4. The number of nitrogens with zero attached hydrogens (tertiary/aromatic N) is 2. The zero-order chi connectivity index (χ0) is 10.2. The number of hydrogen-bond donors (Lipinski definition) is 2. The molecule has 1 aliphatic heterocycles. The number of aliphatic imine (C=N–C) groups is 1. The summed E-state index contributed by atoms with van der Waals surface area (Å²) in [6.07, 6.45) is 0. The summed E-state index contributed by atoms with van der Waals surface area (Å²) in [6.45, 7) is 8.26. The van der Waals surface area contributed by atoms with E-state index in [-0.39, 0.29) is 24.0 Å². The van der Waals surface area contributed by atoms with Crippen molar-refractivity contribution in [3.05, 3.63) is 0 Å². The van der Waals surface area contributed by atoms with Crippen molar-refractivity contribution < 1.29 is 4.74 Å². The van der Waals surface area contributed by atoms with Crippen LogP contribution in [0.3, 0.4) is 0 Å². The average molecular weight is 328 g/mol. The Morgan fingerprint density at radius 1 is 1.47 bits per heavy atom. The predicted molar refractivity (Wildman–Crippen MR) is 72.8 cm³/mol. The van der Waals surface area contributed by atoms with Gasteiger partial charge in [0.15, 0.2) is 5.96 Å². The predicted octanol–water partition coefficient (Wildman–Crippen LogP) is -0.139. The number of nitrogens with one attached hydrogen (secondary N) is 1. The minimum Gasteiger partial charge on any atom is -0.379 e. The summed E-state index contributed by atoms with van der Waals surface area (Å²) in [5.41, 5.74) is 5.60. The van der Waals surface area contributed by atoms with Crippen LogP contribution in [0.25, 0.3) is 0 Å². The van der Waals surface area contributed by atoms with Gasteiger partial charge in [-0.25, -0.2) is 0 Å². The minimum atomic E-state index is 0. The first-order chi connectivity index (χ1) is 6.83. The fourth-order valence-electron chi connectivity index (χ4n) is 1.37. The van der Waals surface area contributed by atoms with Gasteiger partial charge in [0.1, 0.15) is 0 Å². The smallest absolute Gasteiger partial charge is 0.188 e. The van der Waals surface area contributed by atoms with Crippen LogP contribution in [0.5, 0.6) is 0 Å². The van der Waals surface area contributed by atoms with Gasteiger partial charge in [-0.3, -0.25) is 9.89 Å². The van der Waals surface area contributed by atoms with Crippen molar-refractivity contribution in [3.63, 3.8) is 0 Å². The molecule has 0 aliphatic carbocycles. The highest BCUT2D eigenvalue weighted by Gasteiger charge is 2.08. The highest BCUT2D eigenvalue weighted by molar-refractivity contribution is 14.0. The maximum atomic E-state index is 5.60. The van der Waals surface area contributed by atoms with E-state index >= 15 is 0 Å². The molecule has 5 nitrogen and oxygen atoms in total. The second kappa shape index (κ2) is 9.17. The van der Waals surface area contributed by atoms with Crippen LogP contribution in [0.2, 0.25) is 0 Å². The summed E-state index contributed by atoms with van der Waals surface area (Å²) in [6, 6.07) is 0. The second-order valence-electron chi connectivity index (χ2n) is 3.25. The summed E-state index contributed by atoms with van der Waals surface area (Å²) in [7, 11) is 0. The number of hydrogen-bond acceptors (Lipinski definition) is 3. The lowest BCUT2D eigenvalue weighted by molar-refractivity contribution is 0.0394. The highest BCUT2D eigenvalue weighted by Crippen LogP contribution is 1.95. The van der Waals surface area contributed by atoms with Crippen LogP contribution in [0, 0.1) is 0 Å². The first kappa shape index (κ1) is 14.9. The fourth-order valence-corrected chi connectivity index (χ4v) is 1.37. The van der Waals surface area contributed by atoms with Gasteiger partial charge in [-0.15, -0.1) is 24.0 Å². The third-order valence-electron chi connectivity index (χ3n) is 2.16. The molecule has 0 atom stereocenters. The van der Waals surface area contributed by atoms with Gasteiger partial charge in [-0.05, 0) is 6.92 Å². The zero-order valence-corrected chi connectivity index (χ0v) is 11.6. The fraction of sp³-hybridized carbons (Fsp3) is 0.889. The molecule has 1 aliphatic rings. The first-order valence-electron chi connectivity index (χ1n) is 5.17. The topological polar surface area (TPSA) is 62.9 Å². The van der Waals surface area contributed by atoms with Crippen LogP contribution in [-0.2, 0) is 4.74 Å². The van der Waals surface area contributed by atoms with Gasteiger partial charge >= 0.3 is 0 Å². The molecule has 0 spiro atoms. The normalized spacial score (nSPS) is 18.3. The van der Waals surface area contributed by atoms with Crippen LogP contribution in [0.15, 0.2) is 4.99 Å². The van der Waals surface area contributed by atoms with E-state index in [4.69, 9.17) is 10.5 Å². The SMILES string of the molecule is CCNC(N)=NCCN1CCOCC1.I. The molecule has 0 amide bonds. The maximum absolute atomic E-state index is 5.60. The minimum absolute atomic E-state index is 0. The van der Waals surface area contributed by atoms with E-state index in [0.717, 1.165) is 45.9 Å². The van der Waals surface area contributed by atoms with Gasteiger partial charge in [0.05, 0.1) is 19.8 Å². The molecular formula is C9H21IN4O. The molecule has 90 valence electrons. The van der Waals surface area contributed by atoms with Crippen LogP contribution >= 0.6 is 24.0 Å². The lowest BCUT2D eigenvalue weighted by atomic mass is 10.4. The average Bonchev–Trinajstić information content (AvgIpc) is 2.20. The van der Waals surface area contributed by atoms with Gasteiger partial charge in [0, 0.05) is 26.2 Å². The van der Waals surface area contributed by atoms with Crippen LogP contribution < -0.4 is 11.1 Å². The third kappa shape index (κ3) is 6.91. The molecule has 15 heavy (non-hydrogen) atoms. The molecule has 0 aromatic rings. The van der Waals surface area contributed by atoms with Crippen molar-refractivity contribution >= 4 is 29.9 Å². The largest absolute Gasteiger partial charge is 0.379 e. The molecule has 0 saturated carbocycles. The number of nitrogens with two attached hydrogens (primary N) is 1. The molecule has 0 aromatic heterocycles. The Labute approximate surface area is 108 Å². The van der Waals surface area contributed by atoms with E-state index < -0.39 is 0 Å². The van der Waals surface area contributed by atoms with Crippen LogP contribution in [0.1, 0.15) is 6.92 Å². The van der Waals surface area contributed by atoms with Gasteiger partial charge in [0.25, 0.3) is 0 Å². The summed E-state index contributed by atoms with van der Waals surface area (Å²) in [4.78, 5) is 6.55. The van der Waals surface area contributed by atoms with Crippen molar-refractivity contribution in [1.82, 2.24) is 10.2 Å². The van der Waals surface area contributed by atoms with Gasteiger partial charge in [-0.1, -0.05) is 0 Å². The molecule has 1 rings (SSSR count). The molecule has 1 heterocycles. The van der Waals surface area contributed by atoms with Crippen LogP contribution in [0.4, 0.5) is 0 Å². The van der Waals surface area contributed by atoms with E-state index in [1.807, 2.05) is 6.92 Å². The molecule has 0 bridgehead atoms. The van der Waals surface area contributed by atoms with Crippen LogP contribution in [-0.4, -0.2) is 56.8 Å². The maximum Gasteiger partial charge on any atom is 0.188 e. The van der Waals surface area contributed by atoms with Gasteiger partial charge in [0.2, 0.25) is 0 Å². The Bertz CT molecular complexity index is 183. The second-order valence-corrected chi connectivity index (χ2v) is 3.25. The molecule has 0 aromatic carbocycles. The lowest BCUT2D eigenvalue weighted by Gasteiger charge is -2.25. The van der Waals surface area contributed by atoms with E-state index in [1.54, 1.807) is 0 Å². The van der Waals surface area contributed by atoms with Crippen molar-refractivity contribution in [1.29, 1.82) is 0 Å². The van der Waals surface area contributed by atoms with Crippen molar-refractivity contribution in [2.24, 2.45) is 10.7 Å². The summed E-state index contributed by atoms with van der Waals surface area (Å²) >= 11 is 0. The first-order valence-corrected chi connectivity index (χ1v) is 5.17. The number of morpholine rings is 1. The Hall–Kier alpha value is -0.0800. The number of halogens is 1. The molecule has 1 saturated heterocycles. The molecule has 0 unspecified atom stereocenters. The Balaban J connectivity index is 0.00000196. The standard InChI is InChI=1S/C9H20N4O.HI/c1-2-11-9(10)12-3-4-13-5-7-14-8-6-13;/h2-8H2,1H3,(H3,10,11,12);1H. The molecular weight excluding hydrogens is 307 g/mol. The molecule has 0 radical (unpaired) electrons. The summed E-state index contributed by atoms with van der Waals surface area (Å²) < 4.78 is 5.25. The van der Waals surface area contributed by atoms with Gasteiger partial charge < -0.3 is 15.8 Å². The van der Waals surface area contributed by atoms with E-state index in [2.05, 4.69) is 15.2 Å². The number of ether oxygens (including phenoxy) is 1.